The van der Waals surface area contributed by atoms with Gasteiger partial charge >= 0.3 is 6.09 Å². The number of hydrogen-bond donors (Lipinski definition) is 0. The average molecular weight is 339 g/mol. The van der Waals surface area contributed by atoms with Gasteiger partial charge in [0.15, 0.2) is 0 Å². The highest BCUT2D eigenvalue weighted by Crippen LogP contribution is 2.55. The highest BCUT2D eigenvalue weighted by atomic mass is 79.9. The number of benzene rings is 1. The van der Waals surface area contributed by atoms with E-state index in [-0.39, 0.29) is 12.1 Å². The van der Waals surface area contributed by atoms with Crippen molar-refractivity contribution in [3.05, 3.63) is 29.8 Å². The maximum Gasteiger partial charge on any atom is 0.415 e. The zero-order valence-electron chi connectivity index (χ0n) is 11.3. The summed E-state index contributed by atoms with van der Waals surface area (Å²) in [5, 5.41) is 0. The SMILES string of the molecule is COC(=O)N1c2ccccc2[C@@]2(Br)CCN(C(C)=O)[C@@H]12. The van der Waals surface area contributed by atoms with E-state index in [1.165, 1.54) is 14.0 Å². The zero-order chi connectivity index (χ0) is 14.5. The second-order valence-corrected chi connectivity index (χ2v) is 6.47. The summed E-state index contributed by atoms with van der Waals surface area (Å²) in [4.78, 5) is 27.3. The van der Waals surface area contributed by atoms with E-state index in [1.807, 2.05) is 24.3 Å². The number of nitrogens with zero attached hydrogens (tertiary/aromatic N) is 2. The van der Waals surface area contributed by atoms with E-state index in [4.69, 9.17) is 4.74 Å². The topological polar surface area (TPSA) is 49.9 Å². The second-order valence-electron chi connectivity index (χ2n) is 5.06. The number of ether oxygens (including phenoxy) is 1. The van der Waals surface area contributed by atoms with E-state index >= 15 is 0 Å². The molecule has 6 heteroatoms. The van der Waals surface area contributed by atoms with Crippen molar-refractivity contribution >= 4 is 33.6 Å². The molecule has 1 fully saturated rings. The summed E-state index contributed by atoms with van der Waals surface area (Å²) in [6.45, 7) is 2.14. The number of para-hydroxylation sites is 1. The Bertz CT molecular complexity index is 592. The molecule has 0 unspecified atom stereocenters. The summed E-state index contributed by atoms with van der Waals surface area (Å²) >= 11 is 3.77. The fourth-order valence-corrected chi connectivity index (χ4v) is 4.16. The van der Waals surface area contributed by atoms with Crippen LogP contribution in [0.25, 0.3) is 0 Å². The largest absolute Gasteiger partial charge is 0.452 e. The van der Waals surface area contributed by atoms with Crippen LogP contribution in [0.2, 0.25) is 0 Å². The van der Waals surface area contributed by atoms with Crippen molar-refractivity contribution in [1.29, 1.82) is 0 Å². The zero-order valence-corrected chi connectivity index (χ0v) is 12.9. The molecule has 3 rings (SSSR count). The Kier molecular flexibility index (Phi) is 3.01. The lowest BCUT2D eigenvalue weighted by Crippen LogP contribution is -2.51. The summed E-state index contributed by atoms with van der Waals surface area (Å²) in [7, 11) is 1.35. The quantitative estimate of drug-likeness (QED) is 0.682. The van der Waals surface area contributed by atoms with Gasteiger partial charge in [0.1, 0.15) is 6.17 Å². The van der Waals surface area contributed by atoms with Gasteiger partial charge in [-0.15, -0.1) is 0 Å². The van der Waals surface area contributed by atoms with Crippen molar-refractivity contribution in [1.82, 2.24) is 4.90 Å². The van der Waals surface area contributed by atoms with Gasteiger partial charge in [-0.3, -0.25) is 9.69 Å². The Morgan fingerprint density at radius 2 is 2.10 bits per heavy atom. The molecule has 1 saturated heterocycles. The third-order valence-corrected chi connectivity index (χ3v) is 5.29. The van der Waals surface area contributed by atoms with Crippen molar-refractivity contribution in [2.24, 2.45) is 0 Å². The molecule has 1 aromatic rings. The molecule has 2 amide bonds. The standard InChI is InChI=1S/C14H15BrN2O3/c1-9(18)16-8-7-14(15)10-5-3-4-6-11(10)17(12(14)16)13(19)20-2/h3-6,12H,7-8H2,1-2H3/t12-,14-/m0/s1. The van der Waals surface area contributed by atoms with Gasteiger partial charge in [-0.1, -0.05) is 34.1 Å². The molecule has 20 heavy (non-hydrogen) atoms. The highest BCUT2D eigenvalue weighted by molar-refractivity contribution is 9.09. The number of methoxy groups -OCH3 is 1. The molecule has 5 nitrogen and oxygen atoms in total. The highest BCUT2D eigenvalue weighted by Gasteiger charge is 2.58. The first kappa shape index (κ1) is 13.4. The fourth-order valence-electron chi connectivity index (χ4n) is 3.19. The molecule has 2 atom stereocenters. The molecule has 0 saturated carbocycles. The van der Waals surface area contributed by atoms with Crippen LogP contribution in [0.1, 0.15) is 18.9 Å². The summed E-state index contributed by atoms with van der Waals surface area (Å²) in [5.74, 6) is -0.0435. The molecule has 0 bridgehead atoms. The minimum Gasteiger partial charge on any atom is -0.452 e. The van der Waals surface area contributed by atoms with E-state index in [1.54, 1.807) is 9.80 Å². The van der Waals surface area contributed by atoms with E-state index in [2.05, 4.69) is 15.9 Å². The smallest absolute Gasteiger partial charge is 0.415 e. The predicted octanol–water partition coefficient (Wildman–Crippen LogP) is 2.44. The molecule has 0 aliphatic carbocycles. The molecule has 2 aliphatic heterocycles. The van der Waals surface area contributed by atoms with Crippen molar-refractivity contribution in [3.63, 3.8) is 0 Å². The Hall–Kier alpha value is -1.56. The summed E-state index contributed by atoms with van der Waals surface area (Å²) in [6, 6.07) is 7.69. The summed E-state index contributed by atoms with van der Waals surface area (Å²) < 4.78 is 4.49. The number of rotatable bonds is 0. The molecule has 2 heterocycles. The number of amides is 2. The second kappa shape index (κ2) is 4.48. The Morgan fingerprint density at radius 1 is 1.40 bits per heavy atom. The number of fused-ring (bicyclic) bond motifs is 3. The Balaban J connectivity index is 2.17. The number of alkyl halides is 1. The van der Waals surface area contributed by atoms with Crippen molar-refractivity contribution in [3.8, 4) is 0 Å². The number of carbonyl (C=O) groups excluding carboxylic acids is 2. The van der Waals surface area contributed by atoms with Gasteiger partial charge < -0.3 is 9.64 Å². The van der Waals surface area contributed by atoms with Gasteiger partial charge in [-0.05, 0) is 18.1 Å². The molecule has 106 valence electrons. The van der Waals surface area contributed by atoms with Crippen molar-refractivity contribution < 1.29 is 14.3 Å². The van der Waals surface area contributed by atoms with Gasteiger partial charge in [-0.25, -0.2) is 4.79 Å². The van der Waals surface area contributed by atoms with E-state index < -0.39 is 10.4 Å². The first-order valence-corrected chi connectivity index (χ1v) is 7.23. The molecule has 0 N–H and O–H groups in total. The number of hydrogen-bond acceptors (Lipinski definition) is 3. The summed E-state index contributed by atoms with van der Waals surface area (Å²) in [6.07, 6.45) is -0.0522. The third-order valence-electron chi connectivity index (χ3n) is 4.05. The molecule has 2 aliphatic rings. The molecular formula is C14H15BrN2O3. The molecule has 1 aromatic carbocycles. The maximum absolute atomic E-state index is 12.2. The van der Waals surface area contributed by atoms with E-state index in [0.29, 0.717) is 6.54 Å². The Morgan fingerprint density at radius 3 is 2.75 bits per heavy atom. The van der Waals surface area contributed by atoms with Crippen LogP contribution < -0.4 is 4.90 Å². The van der Waals surface area contributed by atoms with Crippen LogP contribution in [0.15, 0.2) is 24.3 Å². The van der Waals surface area contributed by atoms with Crippen LogP contribution in [-0.2, 0) is 13.9 Å². The maximum atomic E-state index is 12.2. The van der Waals surface area contributed by atoms with Crippen LogP contribution in [0.4, 0.5) is 10.5 Å². The van der Waals surface area contributed by atoms with E-state index in [9.17, 15) is 9.59 Å². The lowest BCUT2D eigenvalue weighted by Gasteiger charge is -2.33. The van der Waals surface area contributed by atoms with Crippen molar-refractivity contribution in [2.75, 3.05) is 18.6 Å². The van der Waals surface area contributed by atoms with Gasteiger partial charge in [0.05, 0.1) is 17.1 Å². The van der Waals surface area contributed by atoms with Gasteiger partial charge in [-0.2, -0.15) is 0 Å². The van der Waals surface area contributed by atoms with Crippen molar-refractivity contribution in [2.45, 2.75) is 23.8 Å². The monoisotopic (exact) mass is 338 g/mol. The van der Waals surface area contributed by atoms with Crippen LogP contribution in [0.3, 0.4) is 0 Å². The Labute approximate surface area is 125 Å². The normalized spacial score (nSPS) is 27.2. The van der Waals surface area contributed by atoms with E-state index in [0.717, 1.165) is 17.7 Å². The summed E-state index contributed by atoms with van der Waals surface area (Å²) in [5.41, 5.74) is 1.83. The molecule has 0 spiro atoms. The number of anilines is 1. The van der Waals surface area contributed by atoms with Gasteiger partial charge in [0, 0.05) is 13.5 Å². The molecule has 0 radical (unpaired) electrons. The number of halogens is 1. The lowest BCUT2D eigenvalue weighted by molar-refractivity contribution is -0.129. The van der Waals surface area contributed by atoms with Crippen LogP contribution in [-0.4, -0.2) is 36.7 Å². The predicted molar refractivity (Wildman–Crippen MR) is 77.7 cm³/mol. The van der Waals surface area contributed by atoms with Gasteiger partial charge in [0.25, 0.3) is 0 Å². The first-order chi connectivity index (χ1) is 9.50. The minimum absolute atomic E-state index is 0.0435. The van der Waals surface area contributed by atoms with Crippen LogP contribution >= 0.6 is 15.9 Å². The van der Waals surface area contributed by atoms with Gasteiger partial charge in [0.2, 0.25) is 5.91 Å². The fraction of sp³-hybridized carbons (Fsp3) is 0.429. The molecule has 0 aromatic heterocycles. The minimum atomic E-state index is -0.447. The lowest BCUT2D eigenvalue weighted by atomic mass is 9.98. The third kappa shape index (κ3) is 1.60. The first-order valence-electron chi connectivity index (χ1n) is 6.43. The number of likely N-dealkylation sites (tertiary alicyclic amines) is 1. The molecular weight excluding hydrogens is 324 g/mol. The van der Waals surface area contributed by atoms with Crippen LogP contribution in [0.5, 0.6) is 0 Å². The van der Waals surface area contributed by atoms with Crippen LogP contribution in [0, 0.1) is 0 Å². The average Bonchev–Trinajstić information content (AvgIpc) is 2.89. The number of carbonyl (C=O) groups is 2.